The van der Waals surface area contributed by atoms with Gasteiger partial charge in [-0.05, 0) is 18.8 Å². The minimum Gasteiger partial charge on any atom is -0.288 e. The van der Waals surface area contributed by atoms with Crippen molar-refractivity contribution in [1.29, 1.82) is 0 Å². The van der Waals surface area contributed by atoms with Crippen molar-refractivity contribution in [1.82, 2.24) is 0 Å². The number of carbonyl (C=O) groups excluding carboxylic acids is 1. The Morgan fingerprint density at radius 3 is 2.21 bits per heavy atom. The molecule has 0 bridgehead atoms. The third-order valence-corrected chi connectivity index (χ3v) is 2.89. The zero-order chi connectivity index (χ0) is 10.8. The Hall–Kier alpha value is 0.0200. The average Bonchev–Trinajstić information content (AvgIpc) is 2.13. The number of unbranched alkanes of at least 4 members (excludes halogenated alkanes) is 1. The maximum Gasteiger partial charge on any atom is 0.185 e. The van der Waals surface area contributed by atoms with Gasteiger partial charge in [0.2, 0.25) is 0 Å². The van der Waals surface area contributed by atoms with Crippen LogP contribution in [-0.4, -0.2) is 5.12 Å². The van der Waals surface area contributed by atoms with E-state index in [0.29, 0.717) is 6.42 Å². The molecule has 0 aliphatic rings. The first-order valence-corrected chi connectivity index (χ1v) is 6.37. The lowest BCUT2D eigenvalue weighted by Crippen LogP contribution is -2.01. The van der Waals surface area contributed by atoms with E-state index in [1.165, 1.54) is 38.5 Å². The third-order valence-electron chi connectivity index (χ3n) is 2.67. The Kier molecular flexibility index (Phi) is 9.58. The second-order valence-electron chi connectivity index (χ2n) is 4.08. The number of hydrogen-bond donors (Lipinski definition) is 1. The van der Waals surface area contributed by atoms with Gasteiger partial charge >= 0.3 is 0 Å². The minimum atomic E-state index is 0.0377. The van der Waals surface area contributed by atoms with Gasteiger partial charge in [0.15, 0.2) is 5.12 Å². The van der Waals surface area contributed by atoms with E-state index in [-0.39, 0.29) is 5.12 Å². The van der Waals surface area contributed by atoms with Gasteiger partial charge in [0.1, 0.15) is 0 Å². The van der Waals surface area contributed by atoms with Gasteiger partial charge in [0, 0.05) is 6.42 Å². The lowest BCUT2D eigenvalue weighted by atomic mass is 9.92. The van der Waals surface area contributed by atoms with Crippen molar-refractivity contribution in [3.63, 3.8) is 0 Å². The zero-order valence-electron chi connectivity index (χ0n) is 9.59. The summed E-state index contributed by atoms with van der Waals surface area (Å²) in [6.45, 7) is 4.48. The lowest BCUT2D eigenvalue weighted by molar-refractivity contribution is -0.110. The van der Waals surface area contributed by atoms with E-state index in [1.54, 1.807) is 0 Å². The van der Waals surface area contributed by atoms with Gasteiger partial charge in [-0.2, -0.15) is 0 Å². The van der Waals surface area contributed by atoms with E-state index in [2.05, 4.69) is 26.5 Å². The number of hydrogen-bond acceptors (Lipinski definition) is 1. The van der Waals surface area contributed by atoms with E-state index in [4.69, 9.17) is 0 Å². The van der Waals surface area contributed by atoms with Gasteiger partial charge in [0.05, 0.1) is 0 Å². The predicted molar refractivity (Wildman–Crippen MR) is 65.8 cm³/mol. The van der Waals surface area contributed by atoms with Gasteiger partial charge in [0.25, 0.3) is 0 Å². The zero-order valence-corrected chi connectivity index (χ0v) is 10.5. The number of carbonyl (C=O) groups is 1. The summed E-state index contributed by atoms with van der Waals surface area (Å²) in [6, 6.07) is 0. The molecule has 0 saturated heterocycles. The van der Waals surface area contributed by atoms with Gasteiger partial charge in [-0.25, -0.2) is 0 Å². The van der Waals surface area contributed by atoms with Crippen LogP contribution in [0.2, 0.25) is 0 Å². The van der Waals surface area contributed by atoms with E-state index < -0.39 is 0 Å². The molecule has 1 nitrogen and oxygen atoms in total. The standard InChI is InChI=1S/C12H24OS/c1-3-5-8-11(7-4-2)9-6-10-12(13)14/h11H,3-10H2,1-2H3,(H,13,14). The Morgan fingerprint density at radius 2 is 1.71 bits per heavy atom. The van der Waals surface area contributed by atoms with Crippen LogP contribution < -0.4 is 0 Å². The molecule has 0 amide bonds. The largest absolute Gasteiger partial charge is 0.288 e. The van der Waals surface area contributed by atoms with Crippen LogP contribution in [-0.2, 0) is 4.79 Å². The van der Waals surface area contributed by atoms with Gasteiger partial charge in [-0.1, -0.05) is 46.0 Å². The van der Waals surface area contributed by atoms with Crippen molar-refractivity contribution < 1.29 is 4.79 Å². The van der Waals surface area contributed by atoms with Crippen LogP contribution in [0.1, 0.15) is 65.2 Å². The fourth-order valence-electron chi connectivity index (χ4n) is 1.88. The monoisotopic (exact) mass is 216 g/mol. The van der Waals surface area contributed by atoms with E-state index in [9.17, 15) is 4.79 Å². The molecular weight excluding hydrogens is 192 g/mol. The first-order chi connectivity index (χ1) is 6.70. The molecule has 0 saturated carbocycles. The van der Waals surface area contributed by atoms with Crippen LogP contribution in [0, 0.1) is 5.92 Å². The van der Waals surface area contributed by atoms with Crippen molar-refractivity contribution in [3.8, 4) is 0 Å². The first-order valence-electron chi connectivity index (χ1n) is 5.92. The molecule has 0 N–H and O–H groups in total. The highest BCUT2D eigenvalue weighted by Crippen LogP contribution is 2.21. The number of thiol groups is 1. The highest BCUT2D eigenvalue weighted by atomic mass is 32.1. The molecule has 1 unspecified atom stereocenters. The summed E-state index contributed by atoms with van der Waals surface area (Å²) in [6.07, 6.45) is 9.42. The van der Waals surface area contributed by atoms with Crippen molar-refractivity contribution >= 4 is 17.7 Å². The summed E-state index contributed by atoms with van der Waals surface area (Å²) < 4.78 is 0. The molecule has 0 heterocycles. The maximum atomic E-state index is 10.7. The quantitative estimate of drug-likeness (QED) is 0.571. The van der Waals surface area contributed by atoms with Crippen LogP contribution in [0.3, 0.4) is 0 Å². The summed E-state index contributed by atoms with van der Waals surface area (Å²) in [5.41, 5.74) is 0. The summed E-state index contributed by atoms with van der Waals surface area (Å²) >= 11 is 3.78. The van der Waals surface area contributed by atoms with Crippen LogP contribution in [0.5, 0.6) is 0 Å². The second-order valence-corrected chi connectivity index (χ2v) is 4.58. The fraction of sp³-hybridized carbons (Fsp3) is 0.917. The molecule has 0 aromatic carbocycles. The molecule has 14 heavy (non-hydrogen) atoms. The SMILES string of the molecule is CCCCC(CCC)CCCC(=O)S. The fourth-order valence-corrected chi connectivity index (χ4v) is 2.03. The molecule has 0 spiro atoms. The topological polar surface area (TPSA) is 17.1 Å². The molecule has 0 rings (SSSR count). The average molecular weight is 216 g/mol. The molecule has 2 heteroatoms. The van der Waals surface area contributed by atoms with E-state index >= 15 is 0 Å². The molecule has 1 atom stereocenters. The highest BCUT2D eigenvalue weighted by Gasteiger charge is 2.07. The molecule has 0 aliphatic heterocycles. The molecule has 0 fully saturated rings. The molecule has 0 aromatic heterocycles. The Bertz CT molecular complexity index is 145. The molecular formula is C12H24OS. The molecule has 0 radical (unpaired) electrons. The summed E-state index contributed by atoms with van der Waals surface area (Å²) in [5.74, 6) is 0.840. The third kappa shape index (κ3) is 8.61. The molecule has 0 aliphatic carbocycles. The summed E-state index contributed by atoms with van der Waals surface area (Å²) in [4.78, 5) is 10.7. The summed E-state index contributed by atoms with van der Waals surface area (Å²) in [7, 11) is 0. The van der Waals surface area contributed by atoms with Crippen LogP contribution in [0.4, 0.5) is 0 Å². The smallest absolute Gasteiger partial charge is 0.185 e. The maximum absolute atomic E-state index is 10.7. The number of rotatable bonds is 9. The second kappa shape index (κ2) is 9.57. The highest BCUT2D eigenvalue weighted by molar-refractivity contribution is 7.96. The van der Waals surface area contributed by atoms with Crippen LogP contribution in [0.15, 0.2) is 0 Å². The van der Waals surface area contributed by atoms with Gasteiger partial charge in [-0.15, -0.1) is 12.6 Å². The first kappa shape index (κ1) is 14.0. The van der Waals surface area contributed by atoms with Crippen LogP contribution >= 0.6 is 12.6 Å². The van der Waals surface area contributed by atoms with Crippen molar-refractivity contribution in [2.45, 2.75) is 65.2 Å². The normalized spacial score (nSPS) is 12.8. The summed E-state index contributed by atoms with van der Waals surface area (Å²) in [5, 5.41) is 0.0377. The lowest BCUT2D eigenvalue weighted by Gasteiger charge is -2.14. The van der Waals surface area contributed by atoms with Crippen LogP contribution in [0.25, 0.3) is 0 Å². The predicted octanol–water partition coefficient (Wildman–Crippen LogP) is 4.22. The van der Waals surface area contributed by atoms with Crippen molar-refractivity contribution in [2.24, 2.45) is 5.92 Å². The molecule has 84 valence electrons. The van der Waals surface area contributed by atoms with Crippen molar-refractivity contribution in [2.75, 3.05) is 0 Å². The minimum absolute atomic E-state index is 0.0377. The van der Waals surface area contributed by atoms with E-state index in [0.717, 1.165) is 12.3 Å². The van der Waals surface area contributed by atoms with Gasteiger partial charge in [-0.3, -0.25) is 4.79 Å². The van der Waals surface area contributed by atoms with E-state index in [1.807, 2.05) is 0 Å². The molecule has 0 aromatic rings. The Labute approximate surface area is 94.1 Å². The Balaban J connectivity index is 3.55. The van der Waals surface area contributed by atoms with Crippen molar-refractivity contribution in [3.05, 3.63) is 0 Å². The van der Waals surface area contributed by atoms with Gasteiger partial charge < -0.3 is 0 Å². The Morgan fingerprint density at radius 1 is 1.07 bits per heavy atom.